The number of benzene rings is 1. The first-order valence-electron chi connectivity index (χ1n) is 7.87. The van der Waals surface area contributed by atoms with Crippen LogP contribution in [-0.2, 0) is 9.59 Å². The van der Waals surface area contributed by atoms with Gasteiger partial charge in [-0.1, -0.05) is 12.1 Å². The highest BCUT2D eigenvalue weighted by Gasteiger charge is 2.34. The second-order valence-corrected chi connectivity index (χ2v) is 6.81. The van der Waals surface area contributed by atoms with Gasteiger partial charge in [-0.2, -0.15) is 0 Å². The zero-order chi connectivity index (χ0) is 17.1. The first-order chi connectivity index (χ1) is 11.6. The van der Waals surface area contributed by atoms with Crippen LogP contribution in [0.1, 0.15) is 10.9 Å². The summed E-state index contributed by atoms with van der Waals surface area (Å²) in [6.45, 7) is 3.10. The topological polar surface area (TPSA) is 99.8 Å². The molecule has 0 radical (unpaired) electrons. The summed E-state index contributed by atoms with van der Waals surface area (Å²) in [7, 11) is 0. The maximum absolute atomic E-state index is 12.8. The Morgan fingerprint density at radius 3 is 2.52 bits per heavy atom. The Labute approximate surface area is 155 Å². The number of primary amides is 1. The predicted molar refractivity (Wildman–Crippen MR) is 98.9 cm³/mol. The lowest BCUT2D eigenvalue weighted by Gasteiger charge is -2.35. The van der Waals surface area contributed by atoms with Gasteiger partial charge < -0.3 is 15.7 Å². The third-order valence-corrected chi connectivity index (χ3v) is 5.29. The number of thiazole rings is 1. The summed E-state index contributed by atoms with van der Waals surface area (Å²) in [5, 5.41) is 9.43. The Hall–Kier alpha value is -1.74. The molecule has 1 aromatic carbocycles. The number of aliphatic hydroxyl groups excluding tert-OH is 1. The highest BCUT2D eigenvalue weighted by Crippen LogP contribution is 2.29. The molecule has 1 atom stereocenters. The normalized spacial score (nSPS) is 16.4. The van der Waals surface area contributed by atoms with Crippen LogP contribution >= 0.6 is 23.7 Å². The number of piperazine rings is 1. The molecule has 0 saturated carbocycles. The van der Waals surface area contributed by atoms with Crippen molar-refractivity contribution in [3.8, 4) is 0 Å². The molecular weight excluding hydrogens is 364 g/mol. The van der Waals surface area contributed by atoms with Gasteiger partial charge in [-0.15, -0.1) is 23.7 Å². The Morgan fingerprint density at radius 2 is 1.92 bits per heavy atom. The number of aromatic nitrogens is 1. The van der Waals surface area contributed by atoms with Gasteiger partial charge in [0.15, 0.2) is 5.92 Å². The molecule has 1 saturated heterocycles. The smallest absolute Gasteiger partial charge is 0.242 e. The number of β-amino-alcohol motifs (C(OH)–C–C–N with tert-alkyl or cyclic N) is 1. The summed E-state index contributed by atoms with van der Waals surface area (Å²) in [6.07, 6.45) is 0. The SMILES string of the molecule is Cl.NC(=O)[C@@H](C(=O)N1CCN(CCO)CC1)c1nc2ccccc2s1. The second kappa shape index (κ2) is 8.57. The van der Waals surface area contributed by atoms with Crippen LogP contribution in [0, 0.1) is 0 Å². The molecule has 1 fully saturated rings. The standard InChI is InChI=1S/C16H20N4O3S.ClH/c17-14(22)13(15-18-11-3-1-2-4-12(11)24-15)16(23)20-7-5-19(6-8-20)9-10-21;/h1-4,13,21H,5-10H2,(H2,17,22);1H/t13-;/m1./s1. The number of nitrogens with zero attached hydrogens (tertiary/aromatic N) is 3. The maximum Gasteiger partial charge on any atom is 0.242 e. The van der Waals surface area contributed by atoms with Crippen molar-refractivity contribution in [3.05, 3.63) is 29.3 Å². The molecule has 7 nitrogen and oxygen atoms in total. The molecule has 1 aromatic heterocycles. The Balaban J connectivity index is 0.00000225. The highest BCUT2D eigenvalue weighted by atomic mass is 35.5. The molecule has 2 aromatic rings. The predicted octanol–water partition coefficient (Wildman–Crippen LogP) is 0.424. The molecule has 0 unspecified atom stereocenters. The van der Waals surface area contributed by atoms with Crippen molar-refractivity contribution in [2.24, 2.45) is 5.73 Å². The summed E-state index contributed by atoms with van der Waals surface area (Å²) in [5.74, 6) is -1.99. The molecule has 0 aliphatic carbocycles. The van der Waals surface area contributed by atoms with Crippen molar-refractivity contribution in [2.45, 2.75) is 5.92 Å². The van der Waals surface area contributed by atoms with Crippen LogP contribution in [0.3, 0.4) is 0 Å². The van der Waals surface area contributed by atoms with Crippen molar-refractivity contribution >= 4 is 45.8 Å². The number of aliphatic hydroxyl groups is 1. The van der Waals surface area contributed by atoms with E-state index in [1.54, 1.807) is 4.90 Å². The van der Waals surface area contributed by atoms with Gasteiger partial charge in [0.05, 0.1) is 16.8 Å². The van der Waals surface area contributed by atoms with Gasteiger partial charge in [0.25, 0.3) is 0 Å². The molecule has 0 bridgehead atoms. The zero-order valence-corrected chi connectivity index (χ0v) is 15.3. The molecule has 3 rings (SSSR count). The quantitative estimate of drug-likeness (QED) is 0.728. The molecule has 1 aliphatic rings. The van der Waals surface area contributed by atoms with E-state index in [2.05, 4.69) is 9.88 Å². The summed E-state index contributed by atoms with van der Waals surface area (Å²) < 4.78 is 0.930. The van der Waals surface area contributed by atoms with Gasteiger partial charge in [-0.25, -0.2) is 4.98 Å². The Kier molecular flexibility index (Phi) is 6.71. The fourth-order valence-corrected chi connectivity index (χ4v) is 3.95. The molecule has 1 aliphatic heterocycles. The molecule has 2 heterocycles. The van der Waals surface area contributed by atoms with Crippen LogP contribution in [-0.4, -0.2) is 71.0 Å². The molecular formula is C16H21ClN4O3S. The highest BCUT2D eigenvalue weighted by molar-refractivity contribution is 7.18. The monoisotopic (exact) mass is 384 g/mol. The summed E-state index contributed by atoms with van der Waals surface area (Å²) in [6, 6.07) is 7.53. The van der Waals surface area contributed by atoms with E-state index in [0.717, 1.165) is 10.2 Å². The number of fused-ring (bicyclic) bond motifs is 1. The van der Waals surface area contributed by atoms with Crippen LogP contribution in [0.2, 0.25) is 0 Å². The van der Waals surface area contributed by atoms with Crippen LogP contribution < -0.4 is 5.73 Å². The maximum atomic E-state index is 12.8. The minimum atomic E-state index is -1.04. The number of halogens is 1. The van der Waals surface area contributed by atoms with Gasteiger partial charge >= 0.3 is 0 Å². The number of hydrogen-bond acceptors (Lipinski definition) is 6. The third-order valence-electron chi connectivity index (χ3n) is 4.19. The average molecular weight is 385 g/mol. The number of carbonyl (C=O) groups is 2. The number of para-hydroxylation sites is 1. The fourth-order valence-electron chi connectivity index (χ4n) is 2.88. The van der Waals surface area contributed by atoms with Crippen molar-refractivity contribution in [3.63, 3.8) is 0 Å². The van der Waals surface area contributed by atoms with Gasteiger partial charge in [-0.3, -0.25) is 14.5 Å². The van der Waals surface area contributed by atoms with E-state index in [1.807, 2.05) is 24.3 Å². The lowest BCUT2D eigenvalue weighted by atomic mass is 10.1. The van der Waals surface area contributed by atoms with E-state index in [1.165, 1.54) is 11.3 Å². The minimum Gasteiger partial charge on any atom is -0.395 e. The van der Waals surface area contributed by atoms with E-state index in [9.17, 15) is 9.59 Å². The third kappa shape index (κ3) is 4.27. The summed E-state index contributed by atoms with van der Waals surface area (Å²) in [4.78, 5) is 32.9. The average Bonchev–Trinajstić information content (AvgIpc) is 2.98. The summed E-state index contributed by atoms with van der Waals surface area (Å²) in [5.41, 5.74) is 6.28. The zero-order valence-electron chi connectivity index (χ0n) is 13.6. The van der Waals surface area contributed by atoms with Crippen LogP contribution in [0.5, 0.6) is 0 Å². The largest absolute Gasteiger partial charge is 0.395 e. The van der Waals surface area contributed by atoms with Crippen LogP contribution in [0.25, 0.3) is 10.2 Å². The van der Waals surface area contributed by atoms with Gasteiger partial charge in [-0.05, 0) is 12.1 Å². The summed E-state index contributed by atoms with van der Waals surface area (Å²) >= 11 is 1.33. The van der Waals surface area contributed by atoms with Crippen LogP contribution in [0.4, 0.5) is 0 Å². The molecule has 2 amide bonds. The van der Waals surface area contributed by atoms with Gasteiger partial charge in [0.1, 0.15) is 5.01 Å². The van der Waals surface area contributed by atoms with E-state index in [4.69, 9.17) is 10.8 Å². The number of amides is 2. The van der Waals surface area contributed by atoms with Crippen LogP contribution in [0.15, 0.2) is 24.3 Å². The number of nitrogens with two attached hydrogens (primary N) is 1. The number of carbonyl (C=O) groups excluding carboxylic acids is 2. The Bertz CT molecular complexity index is 713. The fraction of sp³-hybridized carbons (Fsp3) is 0.438. The lowest BCUT2D eigenvalue weighted by molar-refractivity contribution is -0.138. The first-order valence-corrected chi connectivity index (χ1v) is 8.68. The Morgan fingerprint density at radius 1 is 1.24 bits per heavy atom. The van der Waals surface area contributed by atoms with E-state index in [-0.39, 0.29) is 24.9 Å². The van der Waals surface area contributed by atoms with Crippen molar-refractivity contribution in [1.82, 2.24) is 14.8 Å². The lowest BCUT2D eigenvalue weighted by Crippen LogP contribution is -2.51. The first kappa shape index (κ1) is 19.6. The molecule has 9 heteroatoms. The van der Waals surface area contributed by atoms with Crippen molar-refractivity contribution < 1.29 is 14.7 Å². The van der Waals surface area contributed by atoms with E-state index < -0.39 is 11.8 Å². The van der Waals surface area contributed by atoms with E-state index >= 15 is 0 Å². The molecule has 25 heavy (non-hydrogen) atoms. The molecule has 3 N–H and O–H groups in total. The molecule has 0 spiro atoms. The minimum absolute atomic E-state index is 0. The van der Waals surface area contributed by atoms with Gasteiger partial charge in [0, 0.05) is 32.7 Å². The number of hydrogen-bond donors (Lipinski definition) is 2. The number of rotatable bonds is 5. The van der Waals surface area contributed by atoms with Crippen molar-refractivity contribution in [2.75, 3.05) is 39.3 Å². The molecule has 136 valence electrons. The van der Waals surface area contributed by atoms with Gasteiger partial charge in [0.2, 0.25) is 11.8 Å². The van der Waals surface area contributed by atoms with Crippen molar-refractivity contribution in [1.29, 1.82) is 0 Å². The van der Waals surface area contributed by atoms with E-state index in [0.29, 0.717) is 37.7 Å². The second-order valence-electron chi connectivity index (χ2n) is 5.75.